The van der Waals surface area contributed by atoms with Crippen LogP contribution in [-0.2, 0) is 19.7 Å². The largest absolute Gasteiger partial charge is 0.504 e. The number of phenols is 2. The zero-order valence-electron chi connectivity index (χ0n) is 15.0. The maximum absolute atomic E-state index is 9.47. The second-order valence-electron chi connectivity index (χ2n) is 5.41. The highest BCUT2D eigenvalue weighted by Gasteiger charge is 2.39. The van der Waals surface area contributed by atoms with Gasteiger partial charge in [0.2, 0.25) is 0 Å². The molecule has 0 fully saturated rings. The molecule has 1 rings (SSSR count). The number of phenolic OH excluding ortho intramolecular Hbond substituents is 2. The summed E-state index contributed by atoms with van der Waals surface area (Å²) in [7, 11) is -2.53. The Balaban J connectivity index is 2.30. The van der Waals surface area contributed by atoms with Crippen LogP contribution in [0.4, 0.5) is 0 Å². The molecule has 0 spiro atoms. The molecule has 1 aromatic rings. The lowest BCUT2D eigenvalue weighted by Crippen LogP contribution is -2.46. The second-order valence-corrected chi connectivity index (χ2v) is 8.14. The quantitative estimate of drug-likeness (QED) is 0.286. The Labute approximate surface area is 146 Å². The number of hydrogen-bond acceptors (Lipinski definition) is 6. The molecule has 0 bridgehead atoms. The molecule has 0 amide bonds. The Hall–Kier alpha value is -1.12. The lowest BCUT2D eigenvalue weighted by atomic mass is 10.1. The van der Waals surface area contributed by atoms with Crippen LogP contribution in [0, 0.1) is 0 Å². The molecular formula is C17H31NO5Si. The van der Waals surface area contributed by atoms with Crippen LogP contribution in [0.25, 0.3) is 0 Å². The highest BCUT2D eigenvalue weighted by molar-refractivity contribution is 6.60. The van der Waals surface area contributed by atoms with Crippen molar-refractivity contribution in [3.05, 3.63) is 23.8 Å². The first kappa shape index (κ1) is 20.9. The minimum Gasteiger partial charge on any atom is -0.504 e. The Kier molecular flexibility index (Phi) is 9.97. The standard InChI is InChI=1S/C17H31NO5Si/c1-4-21-24(22-5-2,23-6-3)13-7-11-18-12-10-15-8-9-16(19)17(20)14-15/h8-9,14,18-20H,4-7,10-13H2,1-3H3. The molecular weight excluding hydrogens is 326 g/mol. The zero-order chi connectivity index (χ0) is 17.8. The molecule has 0 atom stereocenters. The van der Waals surface area contributed by atoms with Crippen LogP contribution in [0.1, 0.15) is 32.8 Å². The van der Waals surface area contributed by atoms with Crippen LogP contribution in [0.5, 0.6) is 11.5 Å². The van der Waals surface area contributed by atoms with Gasteiger partial charge >= 0.3 is 8.80 Å². The predicted molar refractivity (Wildman–Crippen MR) is 96.4 cm³/mol. The van der Waals surface area contributed by atoms with Crippen LogP contribution in [0.2, 0.25) is 6.04 Å². The van der Waals surface area contributed by atoms with E-state index in [2.05, 4.69) is 5.32 Å². The second kappa shape index (κ2) is 11.4. The van der Waals surface area contributed by atoms with Crippen molar-refractivity contribution in [2.75, 3.05) is 32.9 Å². The zero-order valence-corrected chi connectivity index (χ0v) is 16.0. The summed E-state index contributed by atoms with van der Waals surface area (Å²) in [5, 5.41) is 22.1. The van der Waals surface area contributed by atoms with Crippen molar-refractivity contribution in [1.29, 1.82) is 0 Å². The Bertz CT molecular complexity index is 455. The van der Waals surface area contributed by atoms with Gasteiger partial charge in [-0.2, -0.15) is 0 Å². The van der Waals surface area contributed by atoms with Crippen molar-refractivity contribution in [2.24, 2.45) is 0 Å². The first-order chi connectivity index (χ1) is 11.6. The summed E-state index contributed by atoms with van der Waals surface area (Å²) >= 11 is 0. The fourth-order valence-electron chi connectivity index (χ4n) is 2.51. The number of hydrogen-bond donors (Lipinski definition) is 3. The molecule has 0 aliphatic heterocycles. The van der Waals surface area contributed by atoms with Gasteiger partial charge in [-0.15, -0.1) is 0 Å². The molecule has 6 nitrogen and oxygen atoms in total. The Morgan fingerprint density at radius 2 is 1.54 bits per heavy atom. The highest BCUT2D eigenvalue weighted by atomic mass is 28.4. The van der Waals surface area contributed by atoms with Gasteiger partial charge in [0.1, 0.15) is 0 Å². The molecule has 3 N–H and O–H groups in total. The Morgan fingerprint density at radius 1 is 0.917 bits per heavy atom. The summed E-state index contributed by atoms with van der Waals surface area (Å²) in [6.45, 7) is 9.35. The van der Waals surface area contributed by atoms with Crippen LogP contribution >= 0.6 is 0 Å². The van der Waals surface area contributed by atoms with Gasteiger partial charge in [-0.3, -0.25) is 0 Å². The molecule has 138 valence electrons. The van der Waals surface area contributed by atoms with Gasteiger partial charge in [0.15, 0.2) is 11.5 Å². The van der Waals surface area contributed by atoms with Gasteiger partial charge in [0, 0.05) is 25.9 Å². The van der Waals surface area contributed by atoms with Gasteiger partial charge in [0.05, 0.1) is 0 Å². The molecule has 0 unspecified atom stereocenters. The van der Waals surface area contributed by atoms with E-state index in [1.54, 1.807) is 6.07 Å². The van der Waals surface area contributed by atoms with Crippen molar-refractivity contribution in [2.45, 2.75) is 39.7 Å². The molecule has 7 heteroatoms. The molecule has 0 heterocycles. The van der Waals surface area contributed by atoms with E-state index in [9.17, 15) is 10.2 Å². The van der Waals surface area contributed by atoms with Crippen molar-refractivity contribution in [3.63, 3.8) is 0 Å². The van der Waals surface area contributed by atoms with E-state index < -0.39 is 8.80 Å². The maximum Gasteiger partial charge on any atom is 0.500 e. The number of benzene rings is 1. The van der Waals surface area contributed by atoms with Gasteiger partial charge in [-0.1, -0.05) is 6.07 Å². The maximum atomic E-state index is 9.47. The molecule has 0 saturated carbocycles. The summed E-state index contributed by atoms with van der Waals surface area (Å²) < 4.78 is 17.5. The third-order valence-electron chi connectivity index (χ3n) is 3.56. The molecule has 0 aliphatic carbocycles. The van der Waals surface area contributed by atoms with Gasteiger partial charge in [0.25, 0.3) is 0 Å². The van der Waals surface area contributed by atoms with E-state index in [4.69, 9.17) is 13.3 Å². The normalized spacial score (nSPS) is 11.8. The van der Waals surface area contributed by atoms with Crippen molar-refractivity contribution in [1.82, 2.24) is 5.32 Å². The summed E-state index contributed by atoms with van der Waals surface area (Å²) in [6, 6.07) is 5.72. The number of aromatic hydroxyl groups is 2. The first-order valence-corrected chi connectivity index (χ1v) is 10.6. The fourth-order valence-corrected chi connectivity index (χ4v) is 5.13. The average Bonchev–Trinajstić information content (AvgIpc) is 2.55. The smallest absolute Gasteiger partial charge is 0.500 e. The van der Waals surface area contributed by atoms with E-state index >= 15 is 0 Å². The molecule has 0 aliphatic rings. The van der Waals surface area contributed by atoms with E-state index in [1.165, 1.54) is 6.07 Å². The number of nitrogens with one attached hydrogen (secondary N) is 1. The average molecular weight is 358 g/mol. The van der Waals surface area contributed by atoms with Crippen LogP contribution in [0.3, 0.4) is 0 Å². The molecule has 0 radical (unpaired) electrons. The lowest BCUT2D eigenvalue weighted by molar-refractivity contribution is 0.0708. The predicted octanol–water partition coefficient (Wildman–Crippen LogP) is 2.67. The highest BCUT2D eigenvalue weighted by Crippen LogP contribution is 2.24. The molecule has 0 saturated heterocycles. The molecule has 24 heavy (non-hydrogen) atoms. The van der Waals surface area contributed by atoms with Gasteiger partial charge in [-0.25, -0.2) is 0 Å². The van der Waals surface area contributed by atoms with Crippen molar-refractivity contribution < 1.29 is 23.5 Å². The van der Waals surface area contributed by atoms with Gasteiger partial charge < -0.3 is 28.8 Å². The summed E-state index contributed by atoms with van der Waals surface area (Å²) in [6.07, 6.45) is 1.71. The first-order valence-electron chi connectivity index (χ1n) is 8.70. The van der Waals surface area contributed by atoms with Gasteiger partial charge in [-0.05, 0) is 64.4 Å². The third kappa shape index (κ3) is 7.19. The van der Waals surface area contributed by atoms with E-state index in [-0.39, 0.29) is 11.5 Å². The van der Waals surface area contributed by atoms with Crippen LogP contribution < -0.4 is 5.32 Å². The SMILES string of the molecule is CCO[Si](CCCNCCc1ccc(O)c(O)c1)(OCC)OCC. The Morgan fingerprint density at radius 3 is 2.08 bits per heavy atom. The monoisotopic (exact) mass is 357 g/mol. The van der Waals surface area contributed by atoms with Crippen molar-refractivity contribution >= 4 is 8.80 Å². The molecule has 0 aromatic heterocycles. The van der Waals surface area contributed by atoms with E-state index in [1.807, 2.05) is 26.8 Å². The number of rotatable bonds is 13. The third-order valence-corrected chi connectivity index (χ3v) is 6.71. The van der Waals surface area contributed by atoms with Crippen molar-refractivity contribution in [3.8, 4) is 11.5 Å². The minimum atomic E-state index is -2.53. The summed E-state index contributed by atoms with van der Waals surface area (Å²) in [4.78, 5) is 0. The minimum absolute atomic E-state index is 0.0755. The van der Waals surface area contributed by atoms with E-state index in [0.717, 1.165) is 37.5 Å². The van der Waals surface area contributed by atoms with Crippen LogP contribution in [-0.4, -0.2) is 51.9 Å². The molecule has 1 aromatic carbocycles. The van der Waals surface area contributed by atoms with Crippen LogP contribution in [0.15, 0.2) is 18.2 Å². The summed E-state index contributed by atoms with van der Waals surface area (Å²) in [5.74, 6) is -0.163. The topological polar surface area (TPSA) is 80.2 Å². The fraction of sp³-hybridized carbons (Fsp3) is 0.647. The lowest BCUT2D eigenvalue weighted by Gasteiger charge is -2.28. The summed E-state index contributed by atoms with van der Waals surface area (Å²) in [5.41, 5.74) is 0.986. The van der Waals surface area contributed by atoms with E-state index in [0.29, 0.717) is 19.8 Å².